The van der Waals surface area contributed by atoms with Crippen molar-refractivity contribution in [3.8, 4) is 21.1 Å². The Bertz CT molecular complexity index is 570. The Balaban J connectivity index is 2.00. The number of benzene rings is 1. The van der Waals surface area contributed by atoms with Gasteiger partial charge in [-0.2, -0.15) is 0 Å². The van der Waals surface area contributed by atoms with Gasteiger partial charge in [-0.25, -0.2) is 4.98 Å². The van der Waals surface area contributed by atoms with Crippen LogP contribution in [0, 0.1) is 0 Å². The summed E-state index contributed by atoms with van der Waals surface area (Å²) in [5.41, 5.74) is 4.03. The molecule has 3 rings (SSSR count). The first-order valence-electron chi connectivity index (χ1n) is 4.83. The highest BCUT2D eigenvalue weighted by Crippen LogP contribution is 2.30. The third kappa shape index (κ3) is 1.77. The lowest BCUT2D eigenvalue weighted by Gasteiger charge is -1.93. The first-order chi connectivity index (χ1) is 7.93. The molecule has 78 valence electrons. The van der Waals surface area contributed by atoms with Crippen LogP contribution in [-0.2, 0) is 0 Å². The van der Waals surface area contributed by atoms with Crippen LogP contribution >= 0.6 is 22.7 Å². The minimum Gasteiger partial charge on any atom is -0.252 e. The Morgan fingerprint density at radius 2 is 1.88 bits per heavy atom. The van der Waals surface area contributed by atoms with Crippen molar-refractivity contribution in [3.05, 3.63) is 47.4 Å². The second kappa shape index (κ2) is 4.15. The molecule has 16 heavy (non-hydrogen) atoms. The second-order valence-electron chi connectivity index (χ2n) is 3.27. The third-order valence-electron chi connectivity index (χ3n) is 2.22. The highest BCUT2D eigenvalue weighted by atomic mass is 32.1. The van der Waals surface area contributed by atoms with Crippen molar-refractivity contribution in [2.45, 2.75) is 0 Å². The first kappa shape index (κ1) is 9.69. The first-order valence-corrected chi connectivity index (χ1v) is 6.59. The fraction of sp³-hybridized carbons (Fsp3) is 0. The van der Waals surface area contributed by atoms with E-state index in [2.05, 4.69) is 27.5 Å². The predicted molar refractivity (Wildman–Crippen MR) is 68.7 cm³/mol. The number of nitrogens with zero attached hydrogens (tertiary/aromatic N) is 2. The van der Waals surface area contributed by atoms with Crippen molar-refractivity contribution in [2.24, 2.45) is 0 Å². The Labute approximate surface area is 101 Å². The lowest BCUT2D eigenvalue weighted by atomic mass is 10.2. The van der Waals surface area contributed by atoms with Gasteiger partial charge in [0.2, 0.25) is 0 Å². The predicted octanol–water partition coefficient (Wildman–Crippen LogP) is 3.93. The molecule has 0 bridgehead atoms. The van der Waals surface area contributed by atoms with Gasteiger partial charge in [0, 0.05) is 17.1 Å². The minimum absolute atomic E-state index is 1.04. The Morgan fingerprint density at radius 3 is 2.62 bits per heavy atom. The van der Waals surface area contributed by atoms with Crippen molar-refractivity contribution >= 4 is 22.7 Å². The van der Waals surface area contributed by atoms with Gasteiger partial charge >= 0.3 is 0 Å². The van der Waals surface area contributed by atoms with Crippen LogP contribution in [0.4, 0.5) is 0 Å². The lowest BCUT2D eigenvalue weighted by molar-refractivity contribution is 1.39. The molecule has 0 fully saturated rings. The van der Waals surface area contributed by atoms with Crippen LogP contribution in [0.1, 0.15) is 0 Å². The summed E-state index contributed by atoms with van der Waals surface area (Å²) in [5.74, 6) is 0. The molecule has 0 atom stereocenters. The summed E-state index contributed by atoms with van der Waals surface area (Å²) in [6.07, 6.45) is 1.86. The van der Waals surface area contributed by atoms with Crippen LogP contribution < -0.4 is 0 Å². The smallest absolute Gasteiger partial charge is 0.135 e. The van der Waals surface area contributed by atoms with Gasteiger partial charge in [0.15, 0.2) is 0 Å². The molecular formula is C12H8N2S2. The van der Waals surface area contributed by atoms with Crippen LogP contribution in [-0.4, -0.2) is 9.97 Å². The lowest BCUT2D eigenvalue weighted by Crippen LogP contribution is -1.76. The maximum absolute atomic E-state index is 4.61. The number of rotatable bonds is 2. The SMILES string of the molecule is c1ccc(-c2csc(-c3cncs3)n2)cc1. The van der Waals surface area contributed by atoms with E-state index in [9.17, 15) is 0 Å². The normalized spacial score (nSPS) is 10.5. The van der Waals surface area contributed by atoms with E-state index in [0.29, 0.717) is 0 Å². The molecule has 0 aliphatic carbocycles. The van der Waals surface area contributed by atoms with Gasteiger partial charge in [-0.05, 0) is 0 Å². The average Bonchev–Trinajstić information content (AvgIpc) is 3.01. The number of aromatic nitrogens is 2. The monoisotopic (exact) mass is 244 g/mol. The van der Waals surface area contributed by atoms with Crippen LogP contribution in [0.25, 0.3) is 21.1 Å². The molecule has 0 spiro atoms. The van der Waals surface area contributed by atoms with E-state index in [0.717, 1.165) is 21.1 Å². The highest BCUT2D eigenvalue weighted by Gasteiger charge is 2.06. The molecule has 2 nitrogen and oxygen atoms in total. The van der Waals surface area contributed by atoms with Gasteiger partial charge in [0.25, 0.3) is 0 Å². The number of thiazole rings is 2. The summed E-state index contributed by atoms with van der Waals surface area (Å²) in [6, 6.07) is 10.2. The molecule has 0 N–H and O–H groups in total. The zero-order valence-electron chi connectivity index (χ0n) is 8.33. The fourth-order valence-electron chi connectivity index (χ4n) is 1.45. The molecule has 2 heterocycles. The van der Waals surface area contributed by atoms with Gasteiger partial charge in [-0.15, -0.1) is 22.7 Å². The standard InChI is InChI=1S/C12H8N2S2/c1-2-4-9(5-3-1)10-7-15-12(14-10)11-6-13-8-16-11/h1-8H. The summed E-state index contributed by atoms with van der Waals surface area (Å²) in [4.78, 5) is 9.81. The molecule has 0 saturated carbocycles. The van der Waals surface area contributed by atoms with Crippen molar-refractivity contribution in [1.82, 2.24) is 9.97 Å². The van der Waals surface area contributed by atoms with Crippen LogP contribution in [0.3, 0.4) is 0 Å². The minimum atomic E-state index is 1.04. The summed E-state index contributed by atoms with van der Waals surface area (Å²) in [5, 5.41) is 3.13. The number of hydrogen-bond donors (Lipinski definition) is 0. The van der Waals surface area contributed by atoms with Crippen molar-refractivity contribution < 1.29 is 0 Å². The molecular weight excluding hydrogens is 236 g/mol. The van der Waals surface area contributed by atoms with Crippen LogP contribution in [0.5, 0.6) is 0 Å². The van der Waals surface area contributed by atoms with E-state index in [1.54, 1.807) is 22.7 Å². The molecule has 0 saturated heterocycles. The Hall–Kier alpha value is -1.52. The molecule has 0 unspecified atom stereocenters. The molecule has 4 heteroatoms. The maximum Gasteiger partial charge on any atom is 0.135 e. The Morgan fingerprint density at radius 1 is 1.00 bits per heavy atom. The summed E-state index contributed by atoms with van der Waals surface area (Å²) in [7, 11) is 0. The molecule has 3 aromatic rings. The summed E-state index contributed by atoms with van der Waals surface area (Å²) in [6.45, 7) is 0. The molecule has 1 aromatic carbocycles. The Kier molecular flexibility index (Phi) is 2.52. The van der Waals surface area contributed by atoms with E-state index in [-0.39, 0.29) is 0 Å². The van der Waals surface area contributed by atoms with Gasteiger partial charge in [-0.1, -0.05) is 30.3 Å². The number of hydrogen-bond acceptors (Lipinski definition) is 4. The quantitative estimate of drug-likeness (QED) is 0.682. The summed E-state index contributed by atoms with van der Waals surface area (Å²) < 4.78 is 0. The van der Waals surface area contributed by atoms with E-state index in [4.69, 9.17) is 0 Å². The molecule has 0 radical (unpaired) electrons. The van der Waals surface area contributed by atoms with Crippen molar-refractivity contribution in [2.75, 3.05) is 0 Å². The van der Waals surface area contributed by atoms with E-state index in [1.807, 2.05) is 29.9 Å². The highest BCUT2D eigenvalue weighted by molar-refractivity contribution is 7.20. The van der Waals surface area contributed by atoms with Gasteiger partial charge in [0.05, 0.1) is 16.1 Å². The van der Waals surface area contributed by atoms with Gasteiger partial charge < -0.3 is 0 Å². The maximum atomic E-state index is 4.61. The molecule has 2 aromatic heterocycles. The largest absolute Gasteiger partial charge is 0.252 e. The third-order valence-corrected chi connectivity index (χ3v) is 4.00. The van der Waals surface area contributed by atoms with Crippen molar-refractivity contribution in [1.29, 1.82) is 0 Å². The molecule has 0 aliphatic rings. The zero-order chi connectivity index (χ0) is 10.8. The van der Waals surface area contributed by atoms with Crippen LogP contribution in [0.15, 0.2) is 47.4 Å². The van der Waals surface area contributed by atoms with Gasteiger partial charge in [-0.3, -0.25) is 4.98 Å². The molecule has 0 amide bonds. The summed E-state index contributed by atoms with van der Waals surface area (Å²) >= 11 is 3.28. The van der Waals surface area contributed by atoms with Gasteiger partial charge in [0.1, 0.15) is 5.01 Å². The fourth-order valence-corrected chi connectivity index (χ4v) is 2.97. The second-order valence-corrected chi connectivity index (χ2v) is 5.01. The topological polar surface area (TPSA) is 25.8 Å². The van der Waals surface area contributed by atoms with E-state index >= 15 is 0 Å². The van der Waals surface area contributed by atoms with E-state index in [1.165, 1.54) is 0 Å². The van der Waals surface area contributed by atoms with Crippen LogP contribution in [0.2, 0.25) is 0 Å². The average molecular weight is 244 g/mol. The zero-order valence-corrected chi connectivity index (χ0v) is 9.96. The molecule has 0 aliphatic heterocycles. The van der Waals surface area contributed by atoms with Crippen molar-refractivity contribution in [3.63, 3.8) is 0 Å². The van der Waals surface area contributed by atoms with E-state index < -0.39 is 0 Å².